The topological polar surface area (TPSA) is 84.7 Å². The van der Waals surface area contributed by atoms with E-state index in [1.54, 1.807) is 12.1 Å². The summed E-state index contributed by atoms with van der Waals surface area (Å²) in [6.07, 6.45) is -3.62. The first-order chi connectivity index (χ1) is 16.7. The number of hydrogen-bond donors (Lipinski definition) is 1. The predicted molar refractivity (Wildman–Crippen MR) is 121 cm³/mol. The van der Waals surface area contributed by atoms with Crippen molar-refractivity contribution in [2.45, 2.75) is 38.5 Å². The average Bonchev–Trinajstić information content (AvgIpc) is 3.35. The zero-order valence-electron chi connectivity index (χ0n) is 18.8. The summed E-state index contributed by atoms with van der Waals surface area (Å²) in [4.78, 5) is 25.1. The van der Waals surface area contributed by atoms with Crippen LogP contribution in [-0.2, 0) is 28.5 Å². The number of aryl methyl sites for hydroxylation is 1. The number of alkyl halides is 3. The highest BCUT2D eigenvalue weighted by Gasteiger charge is 2.36. The molecule has 0 saturated carbocycles. The molecule has 1 N–H and O–H groups in total. The standard InChI is InChI=1S/C25H22F3N3O4/c1-14(32)29-12-17-13-31(24(33)34-17)16-10-9-15-5-4-7-19-22(30-35-23(19)20(15)11-16)18-6-2-3-8-21(18)25(26,27)28/h2-3,6,8-11,17H,4-5,7,12-13H2,1H3,(H,29,32). The van der Waals surface area contributed by atoms with Gasteiger partial charge in [-0.15, -0.1) is 0 Å². The molecule has 1 saturated heterocycles. The molecule has 35 heavy (non-hydrogen) atoms. The number of nitrogens with zero attached hydrogens (tertiary/aromatic N) is 2. The van der Waals surface area contributed by atoms with Gasteiger partial charge in [0.05, 0.1) is 18.7 Å². The Morgan fingerprint density at radius 3 is 2.74 bits per heavy atom. The number of halogens is 3. The van der Waals surface area contributed by atoms with Gasteiger partial charge in [-0.05, 0) is 43.0 Å². The molecule has 3 aromatic rings. The second-order valence-corrected chi connectivity index (χ2v) is 8.63. The highest BCUT2D eigenvalue weighted by atomic mass is 19.4. The summed E-state index contributed by atoms with van der Waals surface area (Å²) >= 11 is 0. The quantitative estimate of drug-likeness (QED) is 0.564. The number of anilines is 1. The predicted octanol–water partition coefficient (Wildman–Crippen LogP) is 4.98. The molecular formula is C25H22F3N3O4. The Balaban J connectivity index is 1.52. The average molecular weight is 485 g/mol. The van der Waals surface area contributed by atoms with Crippen LogP contribution in [0, 0.1) is 0 Å². The lowest BCUT2D eigenvalue weighted by molar-refractivity contribution is -0.137. The highest BCUT2D eigenvalue weighted by molar-refractivity contribution is 5.91. The summed E-state index contributed by atoms with van der Waals surface area (Å²) < 4.78 is 52.0. The maximum atomic E-state index is 13.7. The lowest BCUT2D eigenvalue weighted by Crippen LogP contribution is -2.33. The maximum absolute atomic E-state index is 13.7. The molecule has 1 atom stereocenters. The van der Waals surface area contributed by atoms with Crippen LogP contribution >= 0.6 is 0 Å². The number of nitrogens with one attached hydrogen (secondary N) is 1. The molecule has 2 amide bonds. The van der Waals surface area contributed by atoms with Gasteiger partial charge in [-0.2, -0.15) is 13.2 Å². The SMILES string of the molecule is CC(=O)NCC1CN(c2ccc3c(c2)-c2onc(-c4ccccc4C(F)(F)F)c2CCC3)C(=O)O1. The molecule has 2 heterocycles. The lowest BCUT2D eigenvalue weighted by atomic mass is 9.97. The minimum atomic E-state index is -4.53. The van der Waals surface area contributed by atoms with Gasteiger partial charge in [0, 0.05) is 29.3 Å². The first-order valence-corrected chi connectivity index (χ1v) is 11.2. The zero-order chi connectivity index (χ0) is 24.7. The third-order valence-electron chi connectivity index (χ3n) is 6.25. The van der Waals surface area contributed by atoms with E-state index < -0.39 is 23.9 Å². The minimum absolute atomic E-state index is 0.0199. The van der Waals surface area contributed by atoms with Gasteiger partial charge in [0.1, 0.15) is 11.8 Å². The van der Waals surface area contributed by atoms with E-state index >= 15 is 0 Å². The smallest absolute Gasteiger partial charge is 0.417 e. The number of rotatable bonds is 4. The van der Waals surface area contributed by atoms with Crippen LogP contribution < -0.4 is 10.2 Å². The summed E-state index contributed by atoms with van der Waals surface area (Å²) in [5, 5.41) is 6.70. The number of hydrogen-bond acceptors (Lipinski definition) is 5. The van der Waals surface area contributed by atoms with Gasteiger partial charge < -0.3 is 14.6 Å². The molecule has 1 aliphatic carbocycles. The number of carbonyl (C=O) groups excluding carboxylic acids is 2. The number of amides is 2. The van der Waals surface area contributed by atoms with E-state index in [0.29, 0.717) is 41.8 Å². The summed E-state index contributed by atoms with van der Waals surface area (Å²) in [7, 11) is 0. The van der Waals surface area contributed by atoms with E-state index in [4.69, 9.17) is 9.26 Å². The van der Waals surface area contributed by atoms with Crippen LogP contribution in [0.3, 0.4) is 0 Å². The van der Waals surface area contributed by atoms with Crippen molar-refractivity contribution in [1.82, 2.24) is 10.5 Å². The van der Waals surface area contributed by atoms with E-state index in [9.17, 15) is 22.8 Å². The Morgan fingerprint density at radius 2 is 1.97 bits per heavy atom. The van der Waals surface area contributed by atoms with Crippen molar-refractivity contribution in [3.63, 3.8) is 0 Å². The number of ether oxygens (including phenoxy) is 1. The van der Waals surface area contributed by atoms with Gasteiger partial charge in [0.25, 0.3) is 0 Å². The second-order valence-electron chi connectivity index (χ2n) is 8.63. The normalized spacial score (nSPS) is 17.4. The van der Waals surface area contributed by atoms with Crippen molar-refractivity contribution in [3.05, 3.63) is 59.2 Å². The van der Waals surface area contributed by atoms with Crippen LogP contribution in [-0.4, -0.2) is 36.4 Å². The van der Waals surface area contributed by atoms with Crippen molar-refractivity contribution < 1.29 is 32.0 Å². The number of cyclic esters (lactones) is 1. The fourth-order valence-corrected chi connectivity index (χ4v) is 4.61. The summed E-state index contributed by atoms with van der Waals surface area (Å²) in [6.45, 7) is 1.85. The van der Waals surface area contributed by atoms with Gasteiger partial charge >= 0.3 is 12.3 Å². The van der Waals surface area contributed by atoms with E-state index in [1.807, 2.05) is 12.1 Å². The van der Waals surface area contributed by atoms with Crippen LogP contribution in [0.2, 0.25) is 0 Å². The summed E-state index contributed by atoms with van der Waals surface area (Å²) in [5.41, 5.74) is 2.23. The van der Waals surface area contributed by atoms with Crippen molar-refractivity contribution in [2.75, 3.05) is 18.0 Å². The van der Waals surface area contributed by atoms with Gasteiger partial charge in [-0.1, -0.05) is 29.4 Å². The Morgan fingerprint density at radius 1 is 1.17 bits per heavy atom. The van der Waals surface area contributed by atoms with Gasteiger partial charge in [0.15, 0.2) is 5.76 Å². The molecule has 1 aliphatic heterocycles. The van der Waals surface area contributed by atoms with Crippen molar-refractivity contribution in [1.29, 1.82) is 0 Å². The summed E-state index contributed by atoms with van der Waals surface area (Å²) in [5.74, 6) is 0.193. The highest BCUT2D eigenvalue weighted by Crippen LogP contribution is 2.43. The fourth-order valence-electron chi connectivity index (χ4n) is 4.61. The second kappa shape index (κ2) is 8.75. The molecule has 0 bridgehead atoms. The van der Waals surface area contributed by atoms with E-state index in [2.05, 4.69) is 10.5 Å². The number of aromatic nitrogens is 1. The first kappa shape index (κ1) is 22.9. The van der Waals surface area contributed by atoms with Crippen LogP contribution in [0.25, 0.3) is 22.6 Å². The molecule has 1 fully saturated rings. The fraction of sp³-hybridized carbons (Fsp3) is 0.320. The van der Waals surface area contributed by atoms with Crippen molar-refractivity contribution in [3.8, 4) is 22.6 Å². The molecule has 0 radical (unpaired) electrons. The third kappa shape index (κ3) is 4.36. The molecule has 7 nitrogen and oxygen atoms in total. The Hall–Kier alpha value is -3.82. The van der Waals surface area contributed by atoms with Crippen LogP contribution in [0.1, 0.15) is 30.0 Å². The zero-order valence-corrected chi connectivity index (χ0v) is 18.8. The monoisotopic (exact) mass is 485 g/mol. The molecule has 1 aromatic heterocycles. The molecule has 0 spiro atoms. The molecule has 5 rings (SSSR count). The van der Waals surface area contributed by atoms with Crippen LogP contribution in [0.4, 0.5) is 23.7 Å². The van der Waals surface area contributed by atoms with Crippen LogP contribution in [0.15, 0.2) is 47.0 Å². The lowest BCUT2D eigenvalue weighted by Gasteiger charge is -2.15. The van der Waals surface area contributed by atoms with Gasteiger partial charge in [-0.25, -0.2) is 4.79 Å². The molecule has 2 aliphatic rings. The Bertz CT molecular complexity index is 1300. The van der Waals surface area contributed by atoms with Gasteiger partial charge in [0.2, 0.25) is 5.91 Å². The van der Waals surface area contributed by atoms with Gasteiger partial charge in [-0.3, -0.25) is 9.69 Å². The third-order valence-corrected chi connectivity index (χ3v) is 6.25. The van der Waals surface area contributed by atoms with E-state index in [1.165, 1.54) is 24.0 Å². The minimum Gasteiger partial charge on any atom is -0.442 e. The molecule has 10 heteroatoms. The number of fused-ring (bicyclic) bond motifs is 3. The van der Waals surface area contributed by atoms with E-state index in [-0.39, 0.29) is 30.3 Å². The number of benzene rings is 2. The Kier molecular flexibility index (Phi) is 5.74. The number of carbonyl (C=O) groups is 2. The van der Waals surface area contributed by atoms with Crippen molar-refractivity contribution in [2.24, 2.45) is 0 Å². The van der Waals surface area contributed by atoms with Crippen LogP contribution in [0.5, 0.6) is 0 Å². The molecule has 2 aromatic carbocycles. The molecular weight excluding hydrogens is 463 g/mol. The molecule has 182 valence electrons. The van der Waals surface area contributed by atoms with Crippen molar-refractivity contribution >= 4 is 17.7 Å². The Labute approximate surface area is 198 Å². The first-order valence-electron chi connectivity index (χ1n) is 11.2. The largest absolute Gasteiger partial charge is 0.442 e. The molecule has 1 unspecified atom stereocenters. The maximum Gasteiger partial charge on any atom is 0.417 e. The summed E-state index contributed by atoms with van der Waals surface area (Å²) in [6, 6.07) is 10.8. The van der Waals surface area contributed by atoms with E-state index in [0.717, 1.165) is 11.6 Å².